The fourth-order valence-electron chi connectivity index (χ4n) is 2.73. The Bertz CT molecular complexity index is 451. The molecule has 0 saturated carbocycles. The van der Waals surface area contributed by atoms with Crippen molar-refractivity contribution in [2.24, 2.45) is 5.73 Å². The summed E-state index contributed by atoms with van der Waals surface area (Å²) in [6.07, 6.45) is 2.93. The molecule has 2 N–H and O–H groups in total. The number of rotatable bonds is 4. The lowest BCUT2D eigenvalue weighted by Crippen LogP contribution is -2.45. The molecule has 0 radical (unpaired) electrons. The van der Waals surface area contributed by atoms with Crippen LogP contribution in [-0.2, 0) is 11.2 Å². The predicted molar refractivity (Wildman–Crippen MR) is 82.3 cm³/mol. The Kier molecular flexibility index (Phi) is 6.30. The first kappa shape index (κ1) is 16.8. The molecule has 0 bridgehead atoms. The van der Waals surface area contributed by atoms with Crippen LogP contribution in [0.15, 0.2) is 24.3 Å². The summed E-state index contributed by atoms with van der Waals surface area (Å²) in [6, 6.07) is 7.81. The van der Waals surface area contributed by atoms with Gasteiger partial charge in [0, 0.05) is 12.6 Å². The van der Waals surface area contributed by atoms with Crippen LogP contribution in [0.1, 0.15) is 25.3 Å². The molecule has 1 aliphatic rings. The Morgan fingerprint density at radius 1 is 1.50 bits per heavy atom. The third kappa shape index (κ3) is 3.64. The van der Waals surface area contributed by atoms with Gasteiger partial charge in [0.05, 0.1) is 13.2 Å². The summed E-state index contributed by atoms with van der Waals surface area (Å²) in [6.45, 7) is 2.57. The lowest BCUT2D eigenvalue weighted by Gasteiger charge is -2.26. The molecule has 1 aromatic carbocycles. The second kappa shape index (κ2) is 7.50. The van der Waals surface area contributed by atoms with Crippen molar-refractivity contribution in [1.29, 1.82) is 0 Å². The average Bonchev–Trinajstić information content (AvgIpc) is 2.86. The highest BCUT2D eigenvalue weighted by atomic mass is 35.5. The van der Waals surface area contributed by atoms with E-state index in [4.69, 9.17) is 10.5 Å². The molecule has 1 heterocycles. The highest BCUT2D eigenvalue weighted by Crippen LogP contribution is 2.26. The minimum atomic E-state index is -0.418. The van der Waals surface area contributed by atoms with E-state index in [-0.39, 0.29) is 24.4 Å². The Labute approximate surface area is 126 Å². The standard InChI is InChI=1S/C15H22N2O2.ClH/c1-11(16)15(18)17-9-5-7-13(17)10-12-6-3-4-8-14(12)19-2;/h3-4,6,8,11,13H,5,7,9-10,16H2,1-2H3;1H/t11-,13?;/m0./s1. The fraction of sp³-hybridized carbons (Fsp3) is 0.533. The van der Waals surface area contributed by atoms with Crippen LogP contribution < -0.4 is 10.5 Å². The highest BCUT2D eigenvalue weighted by Gasteiger charge is 2.30. The minimum Gasteiger partial charge on any atom is -0.496 e. The van der Waals surface area contributed by atoms with Gasteiger partial charge in [-0.15, -0.1) is 12.4 Å². The smallest absolute Gasteiger partial charge is 0.239 e. The Morgan fingerprint density at radius 2 is 2.20 bits per heavy atom. The minimum absolute atomic E-state index is 0. The molecule has 1 aliphatic heterocycles. The molecular formula is C15H23ClN2O2. The number of ether oxygens (including phenoxy) is 1. The molecule has 0 aliphatic carbocycles. The van der Waals surface area contributed by atoms with Crippen molar-refractivity contribution < 1.29 is 9.53 Å². The molecule has 1 amide bonds. The number of carbonyl (C=O) groups is 1. The highest BCUT2D eigenvalue weighted by molar-refractivity contribution is 5.85. The third-order valence-corrected chi connectivity index (χ3v) is 3.70. The first-order chi connectivity index (χ1) is 9.13. The quantitative estimate of drug-likeness (QED) is 0.925. The van der Waals surface area contributed by atoms with E-state index in [2.05, 4.69) is 6.07 Å². The van der Waals surface area contributed by atoms with Crippen molar-refractivity contribution in [2.45, 2.75) is 38.3 Å². The van der Waals surface area contributed by atoms with Crippen LogP contribution in [0.4, 0.5) is 0 Å². The molecule has 2 atom stereocenters. The van der Waals surface area contributed by atoms with Crippen molar-refractivity contribution >= 4 is 18.3 Å². The molecule has 1 aromatic rings. The number of benzene rings is 1. The van der Waals surface area contributed by atoms with E-state index in [1.807, 2.05) is 23.1 Å². The molecule has 5 heteroatoms. The predicted octanol–water partition coefficient (Wildman–Crippen LogP) is 2.00. The maximum Gasteiger partial charge on any atom is 0.239 e. The topological polar surface area (TPSA) is 55.6 Å². The SMILES string of the molecule is COc1ccccc1CC1CCCN1C(=O)[C@H](C)N.Cl. The zero-order chi connectivity index (χ0) is 13.8. The average molecular weight is 299 g/mol. The van der Waals surface area contributed by atoms with Crippen molar-refractivity contribution in [3.05, 3.63) is 29.8 Å². The van der Waals surface area contributed by atoms with Crippen LogP contribution in [-0.4, -0.2) is 36.5 Å². The lowest BCUT2D eigenvalue weighted by atomic mass is 10.0. The maximum absolute atomic E-state index is 12.1. The van der Waals surface area contributed by atoms with Gasteiger partial charge in [0.1, 0.15) is 5.75 Å². The monoisotopic (exact) mass is 298 g/mol. The summed E-state index contributed by atoms with van der Waals surface area (Å²) in [5.41, 5.74) is 6.86. The number of para-hydroxylation sites is 1. The van der Waals surface area contributed by atoms with Gasteiger partial charge in [0.15, 0.2) is 0 Å². The molecule has 20 heavy (non-hydrogen) atoms. The third-order valence-electron chi connectivity index (χ3n) is 3.70. The Morgan fingerprint density at radius 3 is 2.85 bits per heavy atom. The molecular weight excluding hydrogens is 276 g/mol. The van der Waals surface area contributed by atoms with E-state index < -0.39 is 6.04 Å². The number of amides is 1. The van der Waals surface area contributed by atoms with Crippen LogP contribution in [0.5, 0.6) is 5.75 Å². The van der Waals surface area contributed by atoms with Crippen molar-refractivity contribution in [3.63, 3.8) is 0 Å². The number of carbonyl (C=O) groups excluding carboxylic acids is 1. The first-order valence-corrected chi connectivity index (χ1v) is 6.81. The number of nitrogens with zero attached hydrogens (tertiary/aromatic N) is 1. The first-order valence-electron chi connectivity index (χ1n) is 6.81. The van der Waals surface area contributed by atoms with E-state index in [1.165, 1.54) is 0 Å². The Hall–Kier alpha value is -1.26. The largest absolute Gasteiger partial charge is 0.496 e. The van der Waals surface area contributed by atoms with Gasteiger partial charge in [-0.1, -0.05) is 18.2 Å². The van der Waals surface area contributed by atoms with Gasteiger partial charge in [0.25, 0.3) is 0 Å². The van der Waals surface area contributed by atoms with Gasteiger partial charge in [0.2, 0.25) is 5.91 Å². The van der Waals surface area contributed by atoms with Gasteiger partial charge in [-0.05, 0) is 37.8 Å². The summed E-state index contributed by atoms with van der Waals surface area (Å²) < 4.78 is 5.37. The summed E-state index contributed by atoms with van der Waals surface area (Å²) in [7, 11) is 1.68. The number of methoxy groups -OCH3 is 1. The van der Waals surface area contributed by atoms with E-state index in [0.29, 0.717) is 0 Å². The van der Waals surface area contributed by atoms with E-state index in [1.54, 1.807) is 14.0 Å². The number of nitrogens with two attached hydrogens (primary N) is 1. The summed E-state index contributed by atoms with van der Waals surface area (Å²) in [5, 5.41) is 0. The molecule has 2 rings (SSSR count). The van der Waals surface area contributed by atoms with Gasteiger partial charge in [-0.25, -0.2) is 0 Å². The second-order valence-electron chi connectivity index (χ2n) is 5.13. The van der Waals surface area contributed by atoms with Gasteiger partial charge in [-0.2, -0.15) is 0 Å². The molecule has 4 nitrogen and oxygen atoms in total. The number of likely N-dealkylation sites (tertiary alicyclic amines) is 1. The van der Waals surface area contributed by atoms with Crippen LogP contribution in [0.25, 0.3) is 0 Å². The molecule has 112 valence electrons. The van der Waals surface area contributed by atoms with Crippen LogP contribution in [0.2, 0.25) is 0 Å². The van der Waals surface area contributed by atoms with E-state index in [0.717, 1.165) is 37.1 Å². The number of hydrogen-bond acceptors (Lipinski definition) is 3. The van der Waals surface area contributed by atoms with Crippen molar-refractivity contribution in [3.8, 4) is 5.75 Å². The molecule has 1 saturated heterocycles. The number of halogens is 1. The zero-order valence-corrected chi connectivity index (χ0v) is 12.9. The van der Waals surface area contributed by atoms with Crippen molar-refractivity contribution in [2.75, 3.05) is 13.7 Å². The normalized spacial score (nSPS) is 19.4. The van der Waals surface area contributed by atoms with Gasteiger partial charge in [-0.3, -0.25) is 4.79 Å². The summed E-state index contributed by atoms with van der Waals surface area (Å²) in [5.74, 6) is 0.944. The molecule has 1 fully saturated rings. The van der Waals surface area contributed by atoms with Crippen LogP contribution in [0.3, 0.4) is 0 Å². The molecule has 0 spiro atoms. The van der Waals surface area contributed by atoms with E-state index >= 15 is 0 Å². The van der Waals surface area contributed by atoms with Crippen LogP contribution >= 0.6 is 12.4 Å². The summed E-state index contributed by atoms with van der Waals surface area (Å²) in [4.78, 5) is 14.0. The fourth-order valence-corrected chi connectivity index (χ4v) is 2.73. The van der Waals surface area contributed by atoms with Crippen LogP contribution in [0, 0.1) is 0 Å². The summed E-state index contributed by atoms with van der Waals surface area (Å²) >= 11 is 0. The molecule has 0 aromatic heterocycles. The second-order valence-corrected chi connectivity index (χ2v) is 5.13. The van der Waals surface area contributed by atoms with Crippen molar-refractivity contribution in [1.82, 2.24) is 4.90 Å². The number of hydrogen-bond donors (Lipinski definition) is 1. The van der Waals surface area contributed by atoms with E-state index in [9.17, 15) is 4.79 Å². The Balaban J connectivity index is 0.00000200. The molecule has 1 unspecified atom stereocenters. The lowest BCUT2D eigenvalue weighted by molar-refractivity contribution is -0.132. The van der Waals surface area contributed by atoms with Gasteiger partial charge < -0.3 is 15.4 Å². The zero-order valence-electron chi connectivity index (χ0n) is 12.0. The van der Waals surface area contributed by atoms with Gasteiger partial charge >= 0.3 is 0 Å². The maximum atomic E-state index is 12.1.